The molecule has 0 amide bonds. The molecule has 0 saturated heterocycles. The van der Waals surface area contributed by atoms with E-state index in [4.69, 9.17) is 0 Å². The van der Waals surface area contributed by atoms with E-state index >= 15 is 0 Å². The summed E-state index contributed by atoms with van der Waals surface area (Å²) in [6.45, 7) is 7.55. The first-order valence-corrected chi connectivity index (χ1v) is 6.85. The third kappa shape index (κ3) is 4.66. The molecule has 16 heavy (non-hydrogen) atoms. The van der Waals surface area contributed by atoms with Crippen LogP contribution in [0.3, 0.4) is 0 Å². The lowest BCUT2D eigenvalue weighted by atomic mass is 10.0. The van der Waals surface area contributed by atoms with Gasteiger partial charge >= 0.3 is 0 Å². The maximum atomic E-state index is 3.56. The molecular weight excluding hydrogens is 309 g/mol. The minimum atomic E-state index is 0.347. The molecule has 0 aliphatic heterocycles. The Hall–Kier alpha value is -0.350. The fourth-order valence-electron chi connectivity index (χ4n) is 1.61. The van der Waals surface area contributed by atoms with Gasteiger partial charge in [0.2, 0.25) is 0 Å². The first kappa shape index (κ1) is 13.7. The third-order valence-corrected chi connectivity index (χ3v) is 2.99. The van der Waals surface area contributed by atoms with Crippen LogP contribution in [0, 0.1) is 3.57 Å². The van der Waals surface area contributed by atoms with Gasteiger partial charge in [-0.3, -0.25) is 0 Å². The van der Waals surface area contributed by atoms with Crippen LogP contribution in [0.5, 0.6) is 0 Å². The Labute approximate surface area is 112 Å². The van der Waals surface area contributed by atoms with E-state index in [1.807, 2.05) is 0 Å². The van der Waals surface area contributed by atoms with Crippen LogP contribution in [-0.4, -0.2) is 6.54 Å². The second kappa shape index (κ2) is 7.07. The van der Waals surface area contributed by atoms with Gasteiger partial charge in [0, 0.05) is 3.57 Å². The summed E-state index contributed by atoms with van der Waals surface area (Å²) in [6.07, 6.45) is 3.46. The Bertz CT molecular complexity index is 354. The van der Waals surface area contributed by atoms with E-state index in [2.05, 4.69) is 79.0 Å². The van der Waals surface area contributed by atoms with Gasteiger partial charge in [-0.2, -0.15) is 0 Å². The molecule has 0 fully saturated rings. The number of nitrogens with one attached hydrogen (secondary N) is 1. The predicted octanol–water partition coefficient (Wildman–Crippen LogP) is 4.30. The Morgan fingerprint density at radius 1 is 1.44 bits per heavy atom. The number of hydrogen-bond acceptors (Lipinski definition) is 1. The standard InChI is InChI=1S/C14H20IN/c1-4-8-16-14(9-11(2)3)12-6-5-7-13(15)10-12/h5-7,9-10,14,16H,4,8H2,1-3H3. The van der Waals surface area contributed by atoms with Crippen LogP contribution in [0.25, 0.3) is 0 Å². The molecule has 1 aromatic rings. The minimum Gasteiger partial charge on any atom is -0.307 e. The van der Waals surface area contributed by atoms with Crippen molar-refractivity contribution in [3.05, 3.63) is 45.0 Å². The SMILES string of the molecule is CCCNC(C=C(C)C)c1cccc(I)c1. The van der Waals surface area contributed by atoms with Crippen molar-refractivity contribution < 1.29 is 0 Å². The molecule has 0 heterocycles. The number of allylic oxidation sites excluding steroid dienone is 1. The van der Waals surface area contributed by atoms with Crippen molar-refractivity contribution in [2.24, 2.45) is 0 Å². The molecule has 1 aromatic carbocycles. The smallest absolute Gasteiger partial charge is 0.0509 e. The summed E-state index contributed by atoms with van der Waals surface area (Å²) in [5, 5.41) is 3.56. The van der Waals surface area contributed by atoms with Gasteiger partial charge in [-0.25, -0.2) is 0 Å². The number of rotatable bonds is 5. The first-order chi connectivity index (χ1) is 7.63. The van der Waals surface area contributed by atoms with E-state index in [0.717, 1.165) is 13.0 Å². The fourth-order valence-corrected chi connectivity index (χ4v) is 2.17. The fraction of sp³-hybridized carbons (Fsp3) is 0.429. The molecule has 1 unspecified atom stereocenters. The lowest BCUT2D eigenvalue weighted by molar-refractivity contribution is 0.610. The van der Waals surface area contributed by atoms with Gasteiger partial charge < -0.3 is 5.32 Å². The summed E-state index contributed by atoms with van der Waals surface area (Å²) < 4.78 is 1.29. The zero-order valence-corrected chi connectivity index (χ0v) is 12.4. The molecule has 88 valence electrons. The summed E-state index contributed by atoms with van der Waals surface area (Å²) in [5.41, 5.74) is 2.70. The molecule has 2 heteroatoms. The molecule has 0 radical (unpaired) electrons. The molecule has 0 bridgehead atoms. The average Bonchev–Trinajstić information content (AvgIpc) is 2.23. The second-order valence-electron chi connectivity index (χ2n) is 4.23. The van der Waals surface area contributed by atoms with Crippen LogP contribution in [0.1, 0.15) is 38.8 Å². The van der Waals surface area contributed by atoms with Crippen molar-refractivity contribution in [3.8, 4) is 0 Å². The average molecular weight is 329 g/mol. The molecule has 0 saturated carbocycles. The van der Waals surface area contributed by atoms with E-state index in [0.29, 0.717) is 6.04 Å². The van der Waals surface area contributed by atoms with Crippen LogP contribution in [0.2, 0.25) is 0 Å². The molecule has 0 spiro atoms. The van der Waals surface area contributed by atoms with Crippen LogP contribution in [-0.2, 0) is 0 Å². The Balaban J connectivity index is 2.87. The summed E-state index contributed by atoms with van der Waals surface area (Å²) in [7, 11) is 0. The van der Waals surface area contributed by atoms with Crippen molar-refractivity contribution >= 4 is 22.6 Å². The second-order valence-corrected chi connectivity index (χ2v) is 5.48. The van der Waals surface area contributed by atoms with E-state index in [1.165, 1.54) is 14.7 Å². The van der Waals surface area contributed by atoms with Crippen molar-refractivity contribution in [1.29, 1.82) is 0 Å². The van der Waals surface area contributed by atoms with Gasteiger partial charge in [0.05, 0.1) is 6.04 Å². The van der Waals surface area contributed by atoms with Gasteiger partial charge in [-0.05, 0) is 67.1 Å². The zero-order chi connectivity index (χ0) is 12.0. The Kier molecular flexibility index (Phi) is 6.06. The molecular formula is C14H20IN. The largest absolute Gasteiger partial charge is 0.307 e. The third-order valence-electron chi connectivity index (χ3n) is 2.32. The number of hydrogen-bond donors (Lipinski definition) is 1. The summed E-state index contributed by atoms with van der Waals surface area (Å²) in [4.78, 5) is 0. The van der Waals surface area contributed by atoms with Gasteiger partial charge in [0.15, 0.2) is 0 Å². The highest BCUT2D eigenvalue weighted by Crippen LogP contribution is 2.18. The molecule has 0 aromatic heterocycles. The highest BCUT2D eigenvalue weighted by atomic mass is 127. The first-order valence-electron chi connectivity index (χ1n) is 5.77. The molecule has 0 aliphatic carbocycles. The molecule has 1 atom stereocenters. The topological polar surface area (TPSA) is 12.0 Å². The lowest BCUT2D eigenvalue weighted by Crippen LogP contribution is -2.20. The van der Waals surface area contributed by atoms with Gasteiger partial charge in [0.25, 0.3) is 0 Å². The van der Waals surface area contributed by atoms with E-state index in [-0.39, 0.29) is 0 Å². The van der Waals surface area contributed by atoms with Gasteiger partial charge in [0.1, 0.15) is 0 Å². The van der Waals surface area contributed by atoms with Crippen LogP contribution < -0.4 is 5.32 Å². The van der Waals surface area contributed by atoms with E-state index < -0.39 is 0 Å². The Morgan fingerprint density at radius 2 is 2.19 bits per heavy atom. The van der Waals surface area contributed by atoms with Crippen molar-refractivity contribution in [3.63, 3.8) is 0 Å². The maximum Gasteiger partial charge on any atom is 0.0509 e. The molecule has 1 nitrogen and oxygen atoms in total. The monoisotopic (exact) mass is 329 g/mol. The van der Waals surface area contributed by atoms with Gasteiger partial charge in [-0.1, -0.05) is 30.7 Å². The molecule has 0 aliphatic rings. The van der Waals surface area contributed by atoms with Crippen LogP contribution in [0.15, 0.2) is 35.9 Å². The summed E-state index contributed by atoms with van der Waals surface area (Å²) in [5.74, 6) is 0. The highest BCUT2D eigenvalue weighted by molar-refractivity contribution is 14.1. The summed E-state index contributed by atoms with van der Waals surface area (Å²) in [6, 6.07) is 9.03. The summed E-state index contributed by atoms with van der Waals surface area (Å²) >= 11 is 2.36. The minimum absolute atomic E-state index is 0.347. The van der Waals surface area contributed by atoms with E-state index in [1.54, 1.807) is 0 Å². The van der Waals surface area contributed by atoms with E-state index in [9.17, 15) is 0 Å². The van der Waals surface area contributed by atoms with Crippen molar-refractivity contribution in [1.82, 2.24) is 5.32 Å². The van der Waals surface area contributed by atoms with Crippen molar-refractivity contribution in [2.75, 3.05) is 6.54 Å². The molecule has 1 N–H and O–H groups in total. The molecule has 1 rings (SSSR count). The number of benzene rings is 1. The zero-order valence-electron chi connectivity index (χ0n) is 10.3. The maximum absolute atomic E-state index is 3.56. The van der Waals surface area contributed by atoms with Crippen LogP contribution >= 0.6 is 22.6 Å². The normalized spacial score (nSPS) is 12.2. The Morgan fingerprint density at radius 3 is 2.75 bits per heavy atom. The number of halogens is 1. The van der Waals surface area contributed by atoms with Crippen molar-refractivity contribution in [2.45, 2.75) is 33.2 Å². The van der Waals surface area contributed by atoms with Crippen LogP contribution in [0.4, 0.5) is 0 Å². The predicted molar refractivity (Wildman–Crippen MR) is 79.6 cm³/mol. The highest BCUT2D eigenvalue weighted by Gasteiger charge is 2.07. The lowest BCUT2D eigenvalue weighted by Gasteiger charge is -2.16. The quantitative estimate of drug-likeness (QED) is 0.627. The van der Waals surface area contributed by atoms with Gasteiger partial charge in [-0.15, -0.1) is 0 Å².